The molecule has 1 amide bonds. The molecule has 0 aliphatic carbocycles. The molecule has 3 heterocycles. The van der Waals surface area contributed by atoms with Crippen LogP contribution in [0, 0.1) is 0 Å². The number of fused-ring (bicyclic) bond motifs is 1. The number of rotatable bonds is 9. The lowest BCUT2D eigenvalue weighted by Crippen LogP contribution is -2.46. The predicted molar refractivity (Wildman–Crippen MR) is 182 cm³/mol. The summed E-state index contributed by atoms with van der Waals surface area (Å²) in [7, 11) is 2.07. The highest BCUT2D eigenvalue weighted by molar-refractivity contribution is 5.98. The van der Waals surface area contributed by atoms with Crippen LogP contribution in [0.4, 0.5) is 10.5 Å². The van der Waals surface area contributed by atoms with Gasteiger partial charge in [0.1, 0.15) is 18.8 Å². The third kappa shape index (κ3) is 7.62. The zero-order valence-electron chi connectivity index (χ0n) is 27.0. The number of aromatic nitrogens is 2. The minimum Gasteiger partial charge on any atom is -0.473 e. The standard InChI is InChI=1S/C38H42N4O4/c1-38(2,3)46-37(43)39-29-19-21-42(22-20-29)30-15-16-31-33(24-41(4)34(31)23-30)32-17-18-35(44-25-27-11-7-5-8-12-27)40-36(32)45-26-28-13-9-6-10-14-28/h5-18,23-24,29H,19-22,25-26H2,1-4H3,(H,39,43). The molecule has 1 N–H and O–H groups in total. The lowest BCUT2D eigenvalue weighted by Gasteiger charge is -2.34. The Morgan fingerprint density at radius 3 is 2.15 bits per heavy atom. The first-order chi connectivity index (χ1) is 22.2. The number of hydrogen-bond acceptors (Lipinski definition) is 6. The molecule has 6 rings (SSSR count). The van der Waals surface area contributed by atoms with E-state index in [1.165, 1.54) is 5.69 Å². The summed E-state index contributed by atoms with van der Waals surface area (Å²) in [6.45, 7) is 8.18. The van der Waals surface area contributed by atoms with Gasteiger partial charge in [0, 0.05) is 60.6 Å². The van der Waals surface area contributed by atoms with Crippen LogP contribution >= 0.6 is 0 Å². The number of nitrogens with one attached hydrogen (secondary N) is 1. The van der Waals surface area contributed by atoms with Crippen molar-refractivity contribution < 1.29 is 19.0 Å². The van der Waals surface area contributed by atoms with Crippen molar-refractivity contribution in [1.29, 1.82) is 0 Å². The van der Waals surface area contributed by atoms with E-state index in [2.05, 4.69) is 46.2 Å². The largest absolute Gasteiger partial charge is 0.473 e. The first kappa shape index (κ1) is 31.0. The second-order valence-corrected chi connectivity index (χ2v) is 12.8. The number of hydrogen-bond donors (Lipinski definition) is 1. The Morgan fingerprint density at radius 1 is 0.848 bits per heavy atom. The topological polar surface area (TPSA) is 77.9 Å². The highest BCUT2D eigenvalue weighted by Crippen LogP contribution is 2.38. The fourth-order valence-electron chi connectivity index (χ4n) is 5.82. The average molecular weight is 619 g/mol. The second kappa shape index (κ2) is 13.6. The van der Waals surface area contributed by atoms with Crippen LogP contribution < -0.4 is 19.7 Å². The minimum absolute atomic E-state index is 0.109. The molecule has 8 heteroatoms. The molecule has 2 aromatic heterocycles. The van der Waals surface area contributed by atoms with Gasteiger partial charge in [-0.1, -0.05) is 66.7 Å². The van der Waals surface area contributed by atoms with Gasteiger partial charge in [0.05, 0.1) is 5.52 Å². The number of alkyl carbamates (subject to hydrolysis) is 1. The summed E-state index contributed by atoms with van der Waals surface area (Å²) in [5, 5.41) is 4.16. The zero-order chi connectivity index (χ0) is 32.1. The van der Waals surface area contributed by atoms with Crippen LogP contribution in [0.1, 0.15) is 44.7 Å². The Bertz CT molecular complexity index is 1770. The molecule has 46 heavy (non-hydrogen) atoms. The highest BCUT2D eigenvalue weighted by atomic mass is 16.6. The number of carbonyl (C=O) groups excluding carboxylic acids is 1. The van der Waals surface area contributed by atoms with Gasteiger partial charge in [-0.25, -0.2) is 4.79 Å². The van der Waals surface area contributed by atoms with E-state index in [1.54, 1.807) is 0 Å². The number of piperidine rings is 1. The Morgan fingerprint density at radius 2 is 1.50 bits per heavy atom. The summed E-state index contributed by atoms with van der Waals surface area (Å²) in [5.74, 6) is 1.05. The smallest absolute Gasteiger partial charge is 0.407 e. The minimum atomic E-state index is -0.503. The van der Waals surface area contributed by atoms with E-state index >= 15 is 0 Å². The summed E-state index contributed by atoms with van der Waals surface area (Å²) in [5.41, 5.74) is 5.90. The van der Waals surface area contributed by atoms with Crippen LogP contribution in [-0.4, -0.2) is 40.4 Å². The number of ether oxygens (including phenoxy) is 3. The van der Waals surface area contributed by atoms with E-state index < -0.39 is 5.60 Å². The van der Waals surface area contributed by atoms with Crippen LogP contribution in [0.2, 0.25) is 0 Å². The fourth-order valence-corrected chi connectivity index (χ4v) is 5.82. The van der Waals surface area contributed by atoms with Gasteiger partial charge in [-0.15, -0.1) is 0 Å². The van der Waals surface area contributed by atoms with Gasteiger partial charge in [-0.2, -0.15) is 4.98 Å². The van der Waals surface area contributed by atoms with Gasteiger partial charge in [-0.05, 0) is 62.9 Å². The molecule has 0 saturated carbocycles. The molecule has 5 aromatic rings. The number of pyridine rings is 1. The lowest BCUT2D eigenvalue weighted by atomic mass is 10.0. The van der Waals surface area contributed by atoms with Gasteiger partial charge in [0.2, 0.25) is 11.8 Å². The third-order valence-corrected chi connectivity index (χ3v) is 8.13. The molecule has 1 fully saturated rings. The van der Waals surface area contributed by atoms with E-state index in [4.69, 9.17) is 19.2 Å². The Kier molecular flexibility index (Phi) is 9.15. The van der Waals surface area contributed by atoms with Crippen LogP contribution in [0.3, 0.4) is 0 Å². The van der Waals surface area contributed by atoms with Crippen LogP contribution in [0.5, 0.6) is 11.8 Å². The molecule has 1 aliphatic rings. The Labute approximate surface area is 270 Å². The Balaban J connectivity index is 1.21. The highest BCUT2D eigenvalue weighted by Gasteiger charge is 2.24. The van der Waals surface area contributed by atoms with Crippen LogP contribution in [-0.2, 0) is 25.0 Å². The van der Waals surface area contributed by atoms with Gasteiger partial charge in [0.25, 0.3) is 0 Å². The van der Waals surface area contributed by atoms with Crippen molar-refractivity contribution in [2.75, 3.05) is 18.0 Å². The third-order valence-electron chi connectivity index (χ3n) is 8.13. The normalized spacial score (nSPS) is 13.9. The first-order valence-corrected chi connectivity index (χ1v) is 15.9. The quantitative estimate of drug-likeness (QED) is 0.181. The molecule has 0 unspecified atom stereocenters. The number of amides is 1. The molecular formula is C38H42N4O4. The maximum Gasteiger partial charge on any atom is 0.407 e. The van der Waals surface area contributed by atoms with E-state index in [9.17, 15) is 4.79 Å². The van der Waals surface area contributed by atoms with E-state index in [-0.39, 0.29) is 12.1 Å². The molecule has 0 atom stereocenters. The van der Waals surface area contributed by atoms with Gasteiger partial charge in [-0.3, -0.25) is 0 Å². The predicted octanol–water partition coefficient (Wildman–Crippen LogP) is 7.89. The number of carbonyl (C=O) groups is 1. The summed E-state index contributed by atoms with van der Waals surface area (Å²) >= 11 is 0. The van der Waals surface area contributed by atoms with Crippen molar-refractivity contribution in [3.63, 3.8) is 0 Å². The lowest BCUT2D eigenvalue weighted by molar-refractivity contribution is 0.0497. The fraction of sp³-hybridized carbons (Fsp3) is 0.316. The number of aryl methyl sites for hydroxylation is 1. The molecule has 238 valence electrons. The number of anilines is 1. The zero-order valence-corrected chi connectivity index (χ0v) is 27.0. The van der Waals surface area contributed by atoms with Crippen molar-refractivity contribution in [2.45, 2.75) is 58.5 Å². The average Bonchev–Trinajstić information content (AvgIpc) is 3.38. The van der Waals surface area contributed by atoms with E-state index in [0.29, 0.717) is 25.0 Å². The summed E-state index contributed by atoms with van der Waals surface area (Å²) in [6.07, 6.45) is 3.52. The first-order valence-electron chi connectivity index (χ1n) is 15.9. The molecule has 1 aliphatic heterocycles. The molecule has 1 saturated heterocycles. The maximum absolute atomic E-state index is 12.3. The molecule has 0 radical (unpaired) electrons. The molecule has 3 aromatic carbocycles. The SMILES string of the molecule is Cn1cc(-c2ccc(OCc3ccccc3)nc2OCc2ccccc2)c2ccc(N3CCC(NC(=O)OC(C)(C)C)CC3)cc21. The maximum atomic E-state index is 12.3. The van der Waals surface area contributed by atoms with E-state index in [1.807, 2.05) is 93.6 Å². The molecule has 8 nitrogen and oxygen atoms in total. The van der Waals surface area contributed by atoms with Crippen LogP contribution in [0.15, 0.2) is 97.2 Å². The summed E-state index contributed by atoms with van der Waals surface area (Å²) in [6, 6.07) is 30.9. The molecule has 0 spiro atoms. The van der Waals surface area contributed by atoms with E-state index in [0.717, 1.165) is 59.1 Å². The summed E-state index contributed by atoms with van der Waals surface area (Å²) < 4.78 is 20.0. The van der Waals surface area contributed by atoms with Gasteiger partial charge >= 0.3 is 6.09 Å². The molecule has 0 bridgehead atoms. The van der Waals surface area contributed by atoms with Gasteiger partial charge in [0.15, 0.2) is 0 Å². The van der Waals surface area contributed by atoms with Crippen molar-refractivity contribution >= 4 is 22.7 Å². The monoisotopic (exact) mass is 618 g/mol. The summed E-state index contributed by atoms with van der Waals surface area (Å²) in [4.78, 5) is 19.5. The van der Waals surface area contributed by atoms with Crippen molar-refractivity contribution in [2.24, 2.45) is 7.05 Å². The van der Waals surface area contributed by atoms with Gasteiger partial charge < -0.3 is 29.0 Å². The number of nitrogens with zero attached hydrogens (tertiary/aromatic N) is 3. The van der Waals surface area contributed by atoms with Crippen molar-refractivity contribution in [1.82, 2.24) is 14.9 Å². The van der Waals surface area contributed by atoms with Crippen molar-refractivity contribution in [3.05, 3.63) is 108 Å². The number of benzene rings is 3. The van der Waals surface area contributed by atoms with Crippen molar-refractivity contribution in [3.8, 4) is 22.9 Å². The molecular weight excluding hydrogens is 576 g/mol. The Hall–Kier alpha value is -4.98. The second-order valence-electron chi connectivity index (χ2n) is 12.8. The van der Waals surface area contributed by atoms with Crippen LogP contribution in [0.25, 0.3) is 22.0 Å².